The minimum atomic E-state index is -0.307. The number of hydrogen-bond donors (Lipinski definition) is 2. The molecular weight excluding hydrogens is 199 g/mol. The lowest BCUT2D eigenvalue weighted by molar-refractivity contribution is -0.119. The monoisotopic (exact) mass is 212 g/mol. The van der Waals surface area contributed by atoms with Gasteiger partial charge in [0.15, 0.2) is 0 Å². The van der Waals surface area contributed by atoms with Gasteiger partial charge in [-0.2, -0.15) is 0 Å². The standard InChI is InChI=1S/C10H13FN2O2/c11-8-1-3-9(4-2-8)15-6-5-13-10(14)7-12/h1-4H,5-7,12H2,(H,13,14). The number of ether oxygens (including phenoxy) is 1. The maximum absolute atomic E-state index is 12.5. The summed E-state index contributed by atoms with van der Waals surface area (Å²) in [6.07, 6.45) is 0. The van der Waals surface area contributed by atoms with Gasteiger partial charge in [-0.15, -0.1) is 0 Å². The van der Waals surface area contributed by atoms with Gasteiger partial charge < -0.3 is 15.8 Å². The molecule has 0 aliphatic heterocycles. The molecule has 0 saturated carbocycles. The first-order valence-corrected chi connectivity index (χ1v) is 4.57. The van der Waals surface area contributed by atoms with E-state index in [9.17, 15) is 9.18 Å². The first-order valence-electron chi connectivity index (χ1n) is 4.57. The fourth-order valence-corrected chi connectivity index (χ4v) is 0.962. The molecule has 1 amide bonds. The largest absolute Gasteiger partial charge is 0.492 e. The lowest BCUT2D eigenvalue weighted by Gasteiger charge is -2.06. The van der Waals surface area contributed by atoms with Gasteiger partial charge in [0, 0.05) is 0 Å². The van der Waals surface area contributed by atoms with E-state index in [1.807, 2.05) is 0 Å². The Morgan fingerprint density at radius 3 is 2.67 bits per heavy atom. The third-order valence-electron chi connectivity index (χ3n) is 1.69. The molecule has 0 fully saturated rings. The predicted molar refractivity (Wildman–Crippen MR) is 54.0 cm³/mol. The van der Waals surface area contributed by atoms with Crippen molar-refractivity contribution in [1.29, 1.82) is 0 Å². The summed E-state index contributed by atoms with van der Waals surface area (Å²) in [4.78, 5) is 10.7. The van der Waals surface area contributed by atoms with Crippen LogP contribution in [0.3, 0.4) is 0 Å². The van der Waals surface area contributed by atoms with Gasteiger partial charge in [-0.3, -0.25) is 4.79 Å². The molecule has 4 nitrogen and oxygen atoms in total. The van der Waals surface area contributed by atoms with Crippen LogP contribution in [-0.2, 0) is 4.79 Å². The van der Waals surface area contributed by atoms with E-state index in [-0.39, 0.29) is 18.3 Å². The molecule has 1 aromatic rings. The van der Waals surface area contributed by atoms with Crippen LogP contribution in [0, 0.1) is 5.82 Å². The van der Waals surface area contributed by atoms with Crippen LogP contribution in [0.15, 0.2) is 24.3 Å². The fraction of sp³-hybridized carbons (Fsp3) is 0.300. The Hall–Kier alpha value is -1.62. The summed E-state index contributed by atoms with van der Waals surface area (Å²) in [7, 11) is 0. The van der Waals surface area contributed by atoms with Gasteiger partial charge in [0.05, 0.1) is 13.1 Å². The van der Waals surface area contributed by atoms with E-state index < -0.39 is 0 Å². The van der Waals surface area contributed by atoms with Gasteiger partial charge in [-0.1, -0.05) is 0 Å². The summed E-state index contributed by atoms with van der Waals surface area (Å²) >= 11 is 0. The molecule has 0 atom stereocenters. The molecule has 1 rings (SSSR count). The average Bonchev–Trinajstić information content (AvgIpc) is 2.26. The summed E-state index contributed by atoms with van der Waals surface area (Å²) in [6, 6.07) is 5.68. The summed E-state index contributed by atoms with van der Waals surface area (Å²) in [5.74, 6) is 0.0369. The minimum absolute atomic E-state index is 0.0312. The molecule has 0 saturated heterocycles. The Morgan fingerprint density at radius 2 is 2.07 bits per heavy atom. The van der Waals surface area contributed by atoms with Crippen LogP contribution < -0.4 is 15.8 Å². The van der Waals surface area contributed by atoms with Crippen molar-refractivity contribution in [2.75, 3.05) is 19.7 Å². The molecule has 5 heteroatoms. The first-order chi connectivity index (χ1) is 7.22. The molecule has 0 heterocycles. The number of halogens is 1. The first kappa shape index (κ1) is 11.5. The summed E-state index contributed by atoms with van der Waals surface area (Å²) in [5.41, 5.74) is 5.09. The number of hydrogen-bond acceptors (Lipinski definition) is 3. The molecule has 15 heavy (non-hydrogen) atoms. The van der Waals surface area contributed by atoms with Crippen LogP contribution >= 0.6 is 0 Å². The van der Waals surface area contributed by atoms with Gasteiger partial charge in [-0.05, 0) is 24.3 Å². The van der Waals surface area contributed by atoms with Gasteiger partial charge in [0.1, 0.15) is 18.2 Å². The van der Waals surface area contributed by atoms with Crippen molar-refractivity contribution in [2.24, 2.45) is 5.73 Å². The fourth-order valence-electron chi connectivity index (χ4n) is 0.962. The third-order valence-corrected chi connectivity index (χ3v) is 1.69. The lowest BCUT2D eigenvalue weighted by atomic mass is 10.3. The summed E-state index contributed by atoms with van der Waals surface area (Å²) in [5, 5.41) is 2.55. The van der Waals surface area contributed by atoms with Crippen LogP contribution in [0.1, 0.15) is 0 Å². The van der Waals surface area contributed by atoms with Gasteiger partial charge >= 0.3 is 0 Å². The Bertz CT molecular complexity index is 314. The van der Waals surface area contributed by atoms with Crippen LogP contribution in [-0.4, -0.2) is 25.6 Å². The molecule has 0 bridgehead atoms. The van der Waals surface area contributed by atoms with E-state index in [2.05, 4.69) is 5.32 Å². The smallest absolute Gasteiger partial charge is 0.233 e. The SMILES string of the molecule is NCC(=O)NCCOc1ccc(F)cc1. The second kappa shape index (κ2) is 5.98. The molecule has 0 aliphatic rings. The molecule has 0 spiro atoms. The van der Waals surface area contributed by atoms with Crippen molar-refractivity contribution in [3.8, 4) is 5.75 Å². The van der Waals surface area contributed by atoms with Crippen molar-refractivity contribution in [1.82, 2.24) is 5.32 Å². The maximum atomic E-state index is 12.5. The Labute approximate surface area is 87.2 Å². The molecule has 82 valence electrons. The number of benzene rings is 1. The highest BCUT2D eigenvalue weighted by Crippen LogP contribution is 2.10. The number of carbonyl (C=O) groups excluding carboxylic acids is 1. The minimum Gasteiger partial charge on any atom is -0.492 e. The number of nitrogens with one attached hydrogen (secondary N) is 1. The molecule has 0 unspecified atom stereocenters. The lowest BCUT2D eigenvalue weighted by Crippen LogP contribution is -2.33. The van der Waals surface area contributed by atoms with Gasteiger partial charge in [0.25, 0.3) is 0 Å². The predicted octanol–water partition coefficient (Wildman–Crippen LogP) is 0.279. The van der Waals surface area contributed by atoms with Crippen LogP contribution in [0.2, 0.25) is 0 Å². The Balaban J connectivity index is 2.20. The van der Waals surface area contributed by atoms with Crippen molar-refractivity contribution in [3.63, 3.8) is 0 Å². The van der Waals surface area contributed by atoms with Gasteiger partial charge in [0.2, 0.25) is 5.91 Å². The highest BCUT2D eigenvalue weighted by molar-refractivity contribution is 5.77. The van der Waals surface area contributed by atoms with Crippen molar-refractivity contribution < 1.29 is 13.9 Å². The van der Waals surface area contributed by atoms with Crippen LogP contribution in [0.4, 0.5) is 4.39 Å². The van der Waals surface area contributed by atoms with E-state index in [0.717, 1.165) is 0 Å². The van der Waals surface area contributed by atoms with Crippen molar-refractivity contribution in [2.45, 2.75) is 0 Å². The zero-order valence-electron chi connectivity index (χ0n) is 8.20. The molecule has 1 aromatic carbocycles. The highest BCUT2D eigenvalue weighted by Gasteiger charge is 1.97. The normalized spacial score (nSPS) is 9.73. The van der Waals surface area contributed by atoms with Crippen LogP contribution in [0.5, 0.6) is 5.75 Å². The molecule has 0 aliphatic carbocycles. The topological polar surface area (TPSA) is 64.4 Å². The highest BCUT2D eigenvalue weighted by atomic mass is 19.1. The van der Waals surface area contributed by atoms with E-state index >= 15 is 0 Å². The zero-order chi connectivity index (χ0) is 11.1. The van der Waals surface area contributed by atoms with E-state index in [1.165, 1.54) is 24.3 Å². The Kier molecular flexibility index (Phi) is 4.56. The van der Waals surface area contributed by atoms with E-state index in [0.29, 0.717) is 18.9 Å². The number of rotatable bonds is 5. The zero-order valence-corrected chi connectivity index (χ0v) is 8.20. The average molecular weight is 212 g/mol. The number of carbonyl (C=O) groups is 1. The van der Waals surface area contributed by atoms with Crippen molar-refractivity contribution in [3.05, 3.63) is 30.1 Å². The second-order valence-corrected chi connectivity index (χ2v) is 2.86. The van der Waals surface area contributed by atoms with E-state index in [4.69, 9.17) is 10.5 Å². The van der Waals surface area contributed by atoms with Crippen molar-refractivity contribution >= 4 is 5.91 Å². The summed E-state index contributed by atoms with van der Waals surface area (Å²) < 4.78 is 17.7. The molecule has 0 radical (unpaired) electrons. The molecular formula is C10H13FN2O2. The molecule has 0 aromatic heterocycles. The maximum Gasteiger partial charge on any atom is 0.233 e. The Morgan fingerprint density at radius 1 is 1.40 bits per heavy atom. The summed E-state index contributed by atoms with van der Waals surface area (Å²) in [6.45, 7) is 0.682. The van der Waals surface area contributed by atoms with E-state index in [1.54, 1.807) is 0 Å². The number of nitrogens with two attached hydrogens (primary N) is 1. The third kappa shape index (κ3) is 4.42. The van der Waals surface area contributed by atoms with Gasteiger partial charge in [-0.25, -0.2) is 4.39 Å². The second-order valence-electron chi connectivity index (χ2n) is 2.86. The molecule has 3 N–H and O–H groups in total. The quantitative estimate of drug-likeness (QED) is 0.689. The number of amides is 1. The van der Waals surface area contributed by atoms with Crippen LogP contribution in [0.25, 0.3) is 0 Å².